The molecule has 0 spiro atoms. The molecule has 1 unspecified atom stereocenters. The van der Waals surface area contributed by atoms with Crippen LogP contribution in [0.25, 0.3) is 0 Å². The maximum absolute atomic E-state index is 5.50. The van der Waals surface area contributed by atoms with Crippen LogP contribution in [-0.4, -0.2) is 49.8 Å². The summed E-state index contributed by atoms with van der Waals surface area (Å²) in [4.78, 5) is 2.63. The van der Waals surface area contributed by atoms with Crippen LogP contribution < -0.4 is 5.32 Å². The van der Waals surface area contributed by atoms with Gasteiger partial charge in [-0.3, -0.25) is 0 Å². The molecule has 100 valence electrons. The van der Waals surface area contributed by atoms with Gasteiger partial charge in [0.15, 0.2) is 0 Å². The quantitative estimate of drug-likeness (QED) is 0.794. The molecule has 3 heteroatoms. The van der Waals surface area contributed by atoms with Crippen molar-refractivity contribution in [3.05, 3.63) is 0 Å². The molecule has 1 atom stereocenters. The third kappa shape index (κ3) is 4.23. The third-order valence-corrected chi connectivity index (χ3v) is 4.29. The van der Waals surface area contributed by atoms with E-state index in [9.17, 15) is 0 Å². The van der Waals surface area contributed by atoms with Gasteiger partial charge in [0.1, 0.15) is 0 Å². The van der Waals surface area contributed by atoms with Crippen LogP contribution in [0, 0.1) is 5.92 Å². The number of ether oxygens (including phenoxy) is 1. The lowest BCUT2D eigenvalue weighted by Gasteiger charge is -2.29. The van der Waals surface area contributed by atoms with Gasteiger partial charge in [-0.1, -0.05) is 0 Å². The molecule has 1 aliphatic heterocycles. The molecule has 17 heavy (non-hydrogen) atoms. The largest absolute Gasteiger partial charge is 0.379 e. The summed E-state index contributed by atoms with van der Waals surface area (Å²) in [6.07, 6.45) is 5.29. The molecule has 0 aromatic rings. The van der Waals surface area contributed by atoms with Crippen molar-refractivity contribution < 1.29 is 4.74 Å². The second-order valence-corrected chi connectivity index (χ2v) is 6.27. The van der Waals surface area contributed by atoms with Gasteiger partial charge in [0.2, 0.25) is 0 Å². The number of hydrogen-bond donors (Lipinski definition) is 1. The number of rotatable bonds is 5. The van der Waals surface area contributed by atoms with E-state index in [2.05, 4.69) is 24.1 Å². The van der Waals surface area contributed by atoms with Gasteiger partial charge in [0, 0.05) is 26.2 Å². The van der Waals surface area contributed by atoms with Crippen LogP contribution >= 0.6 is 0 Å². The van der Waals surface area contributed by atoms with Gasteiger partial charge in [0.25, 0.3) is 0 Å². The monoisotopic (exact) mass is 240 g/mol. The van der Waals surface area contributed by atoms with E-state index >= 15 is 0 Å². The van der Waals surface area contributed by atoms with E-state index in [1.807, 2.05) is 7.11 Å². The normalized spacial score (nSPS) is 28.1. The Balaban J connectivity index is 1.78. The van der Waals surface area contributed by atoms with Gasteiger partial charge in [-0.2, -0.15) is 0 Å². The molecule has 1 saturated carbocycles. The second-order valence-electron chi connectivity index (χ2n) is 6.27. The predicted octanol–water partition coefficient (Wildman–Crippen LogP) is 1.88. The Bertz CT molecular complexity index is 238. The maximum Gasteiger partial charge on any atom is 0.0634 e. The Morgan fingerprint density at radius 2 is 2.12 bits per heavy atom. The van der Waals surface area contributed by atoms with Crippen LogP contribution in [0.4, 0.5) is 0 Å². The Kier molecular flexibility index (Phi) is 4.45. The maximum atomic E-state index is 5.50. The minimum Gasteiger partial charge on any atom is -0.379 e. The molecule has 2 rings (SSSR count). The van der Waals surface area contributed by atoms with Crippen molar-refractivity contribution in [2.24, 2.45) is 5.92 Å². The third-order valence-electron chi connectivity index (χ3n) is 4.29. The molecule has 2 fully saturated rings. The van der Waals surface area contributed by atoms with Gasteiger partial charge in [-0.05, 0) is 58.5 Å². The number of methoxy groups -OCH3 is 1. The van der Waals surface area contributed by atoms with Crippen molar-refractivity contribution in [3.8, 4) is 0 Å². The molecule has 0 aromatic carbocycles. The summed E-state index contributed by atoms with van der Waals surface area (Å²) >= 11 is 0. The first kappa shape index (κ1) is 13.3. The minimum atomic E-state index is 0.0226. The fourth-order valence-corrected chi connectivity index (χ4v) is 2.57. The van der Waals surface area contributed by atoms with Crippen molar-refractivity contribution in [2.45, 2.75) is 51.2 Å². The summed E-state index contributed by atoms with van der Waals surface area (Å²) in [6, 6.07) is 0.753. The van der Waals surface area contributed by atoms with Crippen LogP contribution in [0.1, 0.15) is 39.5 Å². The van der Waals surface area contributed by atoms with Crippen LogP contribution in [0.3, 0.4) is 0 Å². The Labute approximate surface area is 106 Å². The zero-order valence-corrected chi connectivity index (χ0v) is 11.7. The van der Waals surface area contributed by atoms with Crippen molar-refractivity contribution >= 4 is 0 Å². The first-order valence-corrected chi connectivity index (χ1v) is 7.11. The van der Waals surface area contributed by atoms with Crippen molar-refractivity contribution in [1.82, 2.24) is 10.2 Å². The zero-order valence-electron chi connectivity index (χ0n) is 11.7. The van der Waals surface area contributed by atoms with E-state index in [0.29, 0.717) is 0 Å². The van der Waals surface area contributed by atoms with E-state index < -0.39 is 0 Å². The summed E-state index contributed by atoms with van der Waals surface area (Å²) in [7, 11) is 1.82. The fourth-order valence-electron chi connectivity index (χ4n) is 2.57. The lowest BCUT2D eigenvalue weighted by Crippen LogP contribution is -2.41. The summed E-state index contributed by atoms with van der Waals surface area (Å²) in [5.74, 6) is 0.964. The van der Waals surface area contributed by atoms with Crippen LogP contribution in [0.2, 0.25) is 0 Å². The number of hydrogen-bond acceptors (Lipinski definition) is 3. The predicted molar refractivity (Wildman–Crippen MR) is 71.3 cm³/mol. The zero-order chi connectivity index (χ0) is 12.3. The first-order chi connectivity index (χ1) is 8.11. The van der Waals surface area contributed by atoms with Gasteiger partial charge < -0.3 is 15.0 Å². The van der Waals surface area contributed by atoms with Gasteiger partial charge in [0.05, 0.1) is 5.60 Å². The van der Waals surface area contributed by atoms with Crippen LogP contribution in [-0.2, 0) is 4.74 Å². The van der Waals surface area contributed by atoms with Gasteiger partial charge in [-0.15, -0.1) is 0 Å². The minimum absolute atomic E-state index is 0.0226. The standard InChI is InChI=1S/C14H28N2O/c1-14(2,17-3)7-10-16-9-4-8-15-13(11-16)12-5-6-12/h12-13,15H,4-11H2,1-3H3. The second kappa shape index (κ2) is 5.68. The summed E-state index contributed by atoms with van der Waals surface area (Å²) in [6.45, 7) is 9.22. The number of nitrogens with zero attached hydrogens (tertiary/aromatic N) is 1. The van der Waals surface area contributed by atoms with Crippen molar-refractivity contribution in [2.75, 3.05) is 33.3 Å². The Morgan fingerprint density at radius 1 is 1.35 bits per heavy atom. The lowest BCUT2D eigenvalue weighted by atomic mass is 10.0. The summed E-state index contributed by atoms with van der Waals surface area (Å²) in [5.41, 5.74) is 0.0226. The smallest absolute Gasteiger partial charge is 0.0634 e. The molecule has 2 aliphatic rings. The molecule has 1 N–H and O–H groups in total. The molecule has 0 amide bonds. The topological polar surface area (TPSA) is 24.5 Å². The van der Waals surface area contributed by atoms with Crippen molar-refractivity contribution in [3.63, 3.8) is 0 Å². The SMILES string of the molecule is COC(C)(C)CCN1CCCNC(C2CC2)C1. The fraction of sp³-hybridized carbons (Fsp3) is 1.00. The average Bonchev–Trinajstić information content (AvgIpc) is 3.12. The van der Waals surface area contributed by atoms with Crippen LogP contribution in [0.15, 0.2) is 0 Å². The highest BCUT2D eigenvalue weighted by molar-refractivity contribution is 4.90. The van der Waals surface area contributed by atoms with Crippen molar-refractivity contribution in [1.29, 1.82) is 0 Å². The molecule has 1 aliphatic carbocycles. The Hall–Kier alpha value is -0.120. The van der Waals surface area contributed by atoms with E-state index in [-0.39, 0.29) is 5.60 Å². The molecular weight excluding hydrogens is 212 g/mol. The van der Waals surface area contributed by atoms with Gasteiger partial charge in [-0.25, -0.2) is 0 Å². The van der Waals surface area contributed by atoms with E-state index in [1.165, 1.54) is 45.4 Å². The van der Waals surface area contributed by atoms with E-state index in [0.717, 1.165) is 18.4 Å². The highest BCUT2D eigenvalue weighted by Gasteiger charge is 2.33. The molecule has 3 nitrogen and oxygen atoms in total. The summed E-state index contributed by atoms with van der Waals surface area (Å²) < 4.78 is 5.50. The highest BCUT2D eigenvalue weighted by atomic mass is 16.5. The number of nitrogens with one attached hydrogen (secondary N) is 1. The molecule has 1 saturated heterocycles. The van der Waals surface area contributed by atoms with E-state index in [4.69, 9.17) is 4.74 Å². The van der Waals surface area contributed by atoms with Gasteiger partial charge >= 0.3 is 0 Å². The van der Waals surface area contributed by atoms with E-state index in [1.54, 1.807) is 0 Å². The molecular formula is C14H28N2O. The first-order valence-electron chi connectivity index (χ1n) is 7.11. The molecule has 0 bridgehead atoms. The molecule has 1 heterocycles. The van der Waals surface area contributed by atoms with Crippen LogP contribution in [0.5, 0.6) is 0 Å². The lowest BCUT2D eigenvalue weighted by molar-refractivity contribution is 0.00721. The summed E-state index contributed by atoms with van der Waals surface area (Å²) in [5, 5.41) is 3.71. The average molecular weight is 240 g/mol. The highest BCUT2D eigenvalue weighted by Crippen LogP contribution is 2.33. The molecule has 0 aromatic heterocycles. The molecule has 0 radical (unpaired) electrons. The Morgan fingerprint density at radius 3 is 2.76 bits per heavy atom.